The van der Waals surface area contributed by atoms with Crippen molar-refractivity contribution in [3.63, 3.8) is 0 Å². The first-order chi connectivity index (χ1) is 10.7. The molecule has 1 heterocycles. The molecule has 0 aromatic heterocycles. The zero-order valence-corrected chi connectivity index (χ0v) is 12.4. The van der Waals surface area contributed by atoms with Gasteiger partial charge in [-0.2, -0.15) is 0 Å². The lowest BCUT2D eigenvalue weighted by Gasteiger charge is -2.15. The molecule has 0 unspecified atom stereocenters. The normalized spacial score (nSPS) is 15.5. The molecule has 114 valence electrons. The number of hydrogen-bond donors (Lipinski definition) is 1. The maximum atomic E-state index is 13.2. The van der Waals surface area contributed by atoms with E-state index in [4.69, 9.17) is 0 Å². The highest BCUT2D eigenvalue weighted by Gasteiger charge is 2.14. The van der Waals surface area contributed by atoms with Crippen molar-refractivity contribution in [1.29, 1.82) is 0 Å². The summed E-state index contributed by atoms with van der Waals surface area (Å²) in [5.74, 6) is -0.482. The van der Waals surface area contributed by atoms with E-state index in [9.17, 15) is 8.78 Å². The fourth-order valence-corrected chi connectivity index (χ4v) is 2.97. The van der Waals surface area contributed by atoms with Crippen molar-refractivity contribution in [2.45, 2.75) is 19.3 Å². The summed E-state index contributed by atoms with van der Waals surface area (Å²) >= 11 is 0. The number of hydrogen-bond acceptors (Lipinski definition) is 1. The molecule has 0 radical (unpaired) electrons. The summed E-state index contributed by atoms with van der Waals surface area (Å²) in [7, 11) is 0. The molecule has 0 saturated carbocycles. The molecule has 2 aromatic carbocycles. The zero-order chi connectivity index (χ0) is 15.4. The van der Waals surface area contributed by atoms with Crippen molar-refractivity contribution in [2.24, 2.45) is 0 Å². The first-order valence-electron chi connectivity index (χ1n) is 7.68. The van der Waals surface area contributed by atoms with E-state index in [2.05, 4.69) is 5.32 Å². The molecular formula is C19H19F2N. The molecule has 22 heavy (non-hydrogen) atoms. The van der Waals surface area contributed by atoms with Gasteiger partial charge in [-0.05, 0) is 73.3 Å². The third-order valence-corrected chi connectivity index (χ3v) is 4.06. The summed E-state index contributed by atoms with van der Waals surface area (Å²) in [5.41, 5.74) is 4.45. The maximum absolute atomic E-state index is 13.2. The molecule has 2 aromatic rings. The highest BCUT2D eigenvalue weighted by Crippen LogP contribution is 2.31. The van der Waals surface area contributed by atoms with Crippen molar-refractivity contribution in [2.75, 3.05) is 13.1 Å². The molecule has 1 N–H and O–H groups in total. The molecule has 0 amide bonds. The van der Waals surface area contributed by atoms with Crippen LogP contribution in [0.4, 0.5) is 8.78 Å². The molecule has 0 bridgehead atoms. The van der Waals surface area contributed by atoms with Gasteiger partial charge in [0.1, 0.15) is 11.6 Å². The van der Waals surface area contributed by atoms with Crippen molar-refractivity contribution in [3.05, 3.63) is 76.9 Å². The second-order valence-corrected chi connectivity index (χ2v) is 5.60. The Bertz CT molecular complexity index is 599. The van der Waals surface area contributed by atoms with Crippen molar-refractivity contribution in [1.82, 2.24) is 5.32 Å². The topological polar surface area (TPSA) is 12.0 Å². The van der Waals surface area contributed by atoms with Gasteiger partial charge in [-0.1, -0.05) is 29.8 Å². The van der Waals surface area contributed by atoms with Gasteiger partial charge in [-0.15, -0.1) is 0 Å². The van der Waals surface area contributed by atoms with Crippen molar-refractivity contribution < 1.29 is 8.78 Å². The Morgan fingerprint density at radius 1 is 0.727 bits per heavy atom. The van der Waals surface area contributed by atoms with Crippen LogP contribution in [0.25, 0.3) is 5.57 Å². The van der Waals surface area contributed by atoms with Gasteiger partial charge >= 0.3 is 0 Å². The summed E-state index contributed by atoms with van der Waals surface area (Å²) < 4.78 is 26.5. The molecule has 1 saturated heterocycles. The summed E-state index contributed by atoms with van der Waals surface area (Å²) in [4.78, 5) is 0. The third kappa shape index (κ3) is 3.42. The Kier molecular flexibility index (Phi) is 4.64. The van der Waals surface area contributed by atoms with Crippen LogP contribution in [0.2, 0.25) is 0 Å². The van der Waals surface area contributed by atoms with Crippen LogP contribution in [0.3, 0.4) is 0 Å². The van der Waals surface area contributed by atoms with E-state index in [0.29, 0.717) is 0 Å². The molecule has 0 atom stereocenters. The van der Waals surface area contributed by atoms with E-state index in [0.717, 1.165) is 49.1 Å². The van der Waals surface area contributed by atoms with Crippen LogP contribution in [0, 0.1) is 11.6 Å². The Morgan fingerprint density at radius 2 is 1.27 bits per heavy atom. The average molecular weight is 299 g/mol. The van der Waals surface area contributed by atoms with Crippen LogP contribution in [0.1, 0.15) is 30.4 Å². The van der Waals surface area contributed by atoms with E-state index in [-0.39, 0.29) is 11.6 Å². The van der Waals surface area contributed by atoms with Crippen LogP contribution in [0.15, 0.2) is 54.1 Å². The Hall–Kier alpha value is -2.00. The maximum Gasteiger partial charge on any atom is 0.123 e. The first kappa shape index (κ1) is 14.9. The largest absolute Gasteiger partial charge is 0.316 e. The quantitative estimate of drug-likeness (QED) is 0.858. The van der Waals surface area contributed by atoms with Crippen LogP contribution in [0.5, 0.6) is 0 Å². The van der Waals surface area contributed by atoms with E-state index >= 15 is 0 Å². The Morgan fingerprint density at radius 3 is 1.82 bits per heavy atom. The van der Waals surface area contributed by atoms with Gasteiger partial charge in [0, 0.05) is 0 Å². The fraction of sp³-hybridized carbons (Fsp3) is 0.263. The monoisotopic (exact) mass is 299 g/mol. The van der Waals surface area contributed by atoms with Gasteiger partial charge in [-0.25, -0.2) is 8.78 Å². The van der Waals surface area contributed by atoms with Crippen LogP contribution in [-0.4, -0.2) is 13.1 Å². The lowest BCUT2D eigenvalue weighted by molar-refractivity contribution is 0.627. The van der Waals surface area contributed by atoms with Gasteiger partial charge in [0.25, 0.3) is 0 Å². The minimum absolute atomic E-state index is 0.241. The highest BCUT2D eigenvalue weighted by molar-refractivity contribution is 5.82. The lowest BCUT2D eigenvalue weighted by Crippen LogP contribution is -2.13. The van der Waals surface area contributed by atoms with Crippen LogP contribution in [-0.2, 0) is 0 Å². The molecule has 3 heteroatoms. The predicted octanol–water partition coefficient (Wildman–Crippen LogP) is 4.54. The Labute approximate surface area is 129 Å². The van der Waals surface area contributed by atoms with Crippen LogP contribution < -0.4 is 5.32 Å². The molecule has 1 fully saturated rings. The zero-order valence-electron chi connectivity index (χ0n) is 12.4. The van der Waals surface area contributed by atoms with Gasteiger partial charge < -0.3 is 5.32 Å². The minimum Gasteiger partial charge on any atom is -0.316 e. The molecule has 0 spiro atoms. The SMILES string of the molecule is Fc1ccc(C(=C2CCCNCC2)c2ccc(F)cc2)cc1. The van der Waals surface area contributed by atoms with Gasteiger partial charge in [0.05, 0.1) is 0 Å². The Balaban J connectivity index is 2.10. The second kappa shape index (κ2) is 6.84. The molecule has 0 aliphatic carbocycles. The highest BCUT2D eigenvalue weighted by atomic mass is 19.1. The lowest BCUT2D eigenvalue weighted by atomic mass is 9.90. The molecule has 1 nitrogen and oxygen atoms in total. The van der Waals surface area contributed by atoms with E-state index in [1.165, 1.54) is 29.8 Å². The second-order valence-electron chi connectivity index (χ2n) is 5.60. The number of rotatable bonds is 2. The first-order valence-corrected chi connectivity index (χ1v) is 7.68. The molecular weight excluding hydrogens is 280 g/mol. The van der Waals surface area contributed by atoms with Crippen molar-refractivity contribution >= 4 is 5.57 Å². The van der Waals surface area contributed by atoms with E-state index in [1.807, 2.05) is 0 Å². The fourth-order valence-electron chi connectivity index (χ4n) is 2.97. The number of halogens is 2. The summed E-state index contributed by atoms with van der Waals surface area (Å²) in [6, 6.07) is 13.1. The molecule has 1 aliphatic heterocycles. The van der Waals surface area contributed by atoms with Gasteiger partial charge in [0.15, 0.2) is 0 Å². The average Bonchev–Trinajstić information content (AvgIpc) is 2.81. The summed E-state index contributed by atoms with van der Waals surface area (Å²) in [6.07, 6.45) is 3.06. The molecule has 1 aliphatic rings. The van der Waals surface area contributed by atoms with E-state index < -0.39 is 0 Å². The van der Waals surface area contributed by atoms with Gasteiger partial charge in [0.2, 0.25) is 0 Å². The smallest absolute Gasteiger partial charge is 0.123 e. The summed E-state index contributed by atoms with van der Waals surface area (Å²) in [5, 5.41) is 3.40. The van der Waals surface area contributed by atoms with E-state index in [1.54, 1.807) is 24.3 Å². The number of nitrogens with one attached hydrogen (secondary N) is 1. The molecule has 3 rings (SSSR count). The van der Waals surface area contributed by atoms with Crippen molar-refractivity contribution in [3.8, 4) is 0 Å². The number of benzene rings is 2. The minimum atomic E-state index is -0.241. The predicted molar refractivity (Wildman–Crippen MR) is 85.5 cm³/mol. The van der Waals surface area contributed by atoms with Crippen LogP contribution >= 0.6 is 0 Å². The summed E-state index contributed by atoms with van der Waals surface area (Å²) in [6.45, 7) is 1.96. The van der Waals surface area contributed by atoms with Gasteiger partial charge in [-0.3, -0.25) is 0 Å². The third-order valence-electron chi connectivity index (χ3n) is 4.06. The standard InChI is InChI=1S/C19H19F2N/c20-17-7-3-15(4-8-17)19(14-2-1-12-22-13-11-14)16-5-9-18(21)10-6-16/h3-10,22H,1-2,11-13H2.